The summed E-state index contributed by atoms with van der Waals surface area (Å²) in [7, 11) is 0. The maximum atomic E-state index is 12.0. The fraction of sp³-hybridized carbons (Fsp3) is 0.462. The Bertz CT molecular complexity index is 400. The Balaban J connectivity index is 2.09. The molecule has 1 N–H and O–H groups in total. The summed E-state index contributed by atoms with van der Waals surface area (Å²) in [5.41, 5.74) is 1.74. The molecule has 1 aliphatic heterocycles. The summed E-state index contributed by atoms with van der Waals surface area (Å²) in [6.45, 7) is 3.08. The molecular weight excluding hydrogens is 238 g/mol. The maximum absolute atomic E-state index is 12.0. The van der Waals surface area contributed by atoms with Crippen molar-refractivity contribution in [3.63, 3.8) is 0 Å². The molecule has 1 aromatic rings. The van der Waals surface area contributed by atoms with Crippen molar-refractivity contribution in [2.24, 2.45) is 5.92 Å². The highest BCUT2D eigenvalue weighted by Gasteiger charge is 2.24. The highest BCUT2D eigenvalue weighted by molar-refractivity contribution is 6.21. The number of ether oxygens (including phenoxy) is 1. The van der Waals surface area contributed by atoms with Gasteiger partial charge in [0.05, 0.1) is 17.9 Å². The van der Waals surface area contributed by atoms with Gasteiger partial charge in [-0.15, -0.1) is 11.6 Å². The topological polar surface area (TPSA) is 38.3 Å². The van der Waals surface area contributed by atoms with E-state index < -0.39 is 0 Å². The van der Waals surface area contributed by atoms with E-state index in [1.807, 2.05) is 31.2 Å². The van der Waals surface area contributed by atoms with Crippen LogP contribution in [0.5, 0.6) is 0 Å². The number of benzene rings is 1. The first-order chi connectivity index (χ1) is 8.18. The van der Waals surface area contributed by atoms with Gasteiger partial charge < -0.3 is 10.1 Å². The molecule has 2 unspecified atom stereocenters. The number of carbonyl (C=O) groups excluding carboxylic acids is 1. The summed E-state index contributed by atoms with van der Waals surface area (Å²) in [5, 5.41) is 2.81. The monoisotopic (exact) mass is 253 g/mol. The highest BCUT2D eigenvalue weighted by atomic mass is 35.5. The van der Waals surface area contributed by atoms with Crippen LogP contribution in [0.1, 0.15) is 24.3 Å². The molecule has 17 heavy (non-hydrogen) atoms. The van der Waals surface area contributed by atoms with Crippen LogP contribution in [-0.4, -0.2) is 19.1 Å². The van der Waals surface area contributed by atoms with Crippen LogP contribution >= 0.6 is 11.6 Å². The zero-order valence-corrected chi connectivity index (χ0v) is 10.5. The van der Waals surface area contributed by atoms with E-state index in [9.17, 15) is 4.79 Å². The van der Waals surface area contributed by atoms with Gasteiger partial charge in [-0.05, 0) is 25.0 Å². The molecule has 0 spiro atoms. The number of amides is 1. The summed E-state index contributed by atoms with van der Waals surface area (Å²) >= 11 is 6.08. The van der Waals surface area contributed by atoms with Crippen molar-refractivity contribution in [2.45, 2.75) is 18.7 Å². The molecule has 2 rings (SSSR count). The van der Waals surface area contributed by atoms with Gasteiger partial charge in [0.1, 0.15) is 0 Å². The number of rotatable bonds is 3. The van der Waals surface area contributed by atoms with Crippen molar-refractivity contribution in [2.75, 3.05) is 18.5 Å². The minimum absolute atomic E-state index is 0.0206. The highest BCUT2D eigenvalue weighted by Crippen LogP contribution is 2.27. The number of carbonyl (C=O) groups is 1. The van der Waals surface area contributed by atoms with Gasteiger partial charge in [0, 0.05) is 12.3 Å². The number of hydrogen-bond acceptors (Lipinski definition) is 2. The summed E-state index contributed by atoms with van der Waals surface area (Å²) in [4.78, 5) is 12.0. The van der Waals surface area contributed by atoms with Crippen LogP contribution < -0.4 is 5.32 Å². The van der Waals surface area contributed by atoms with Crippen LogP contribution in [-0.2, 0) is 9.53 Å². The van der Waals surface area contributed by atoms with Crippen molar-refractivity contribution >= 4 is 23.2 Å². The van der Waals surface area contributed by atoms with Crippen LogP contribution in [0.2, 0.25) is 0 Å². The first-order valence-electron chi connectivity index (χ1n) is 5.80. The lowest BCUT2D eigenvalue weighted by atomic mass is 10.1. The molecule has 1 amide bonds. The minimum atomic E-state index is -0.119. The van der Waals surface area contributed by atoms with E-state index in [0.717, 1.165) is 17.7 Å². The molecule has 3 nitrogen and oxygen atoms in total. The standard InChI is InChI=1S/C13H16ClNO2/c1-9(14)11-4-2-3-5-12(11)15-13(16)10-6-7-17-8-10/h2-5,9-10H,6-8H2,1H3,(H,15,16). The average molecular weight is 254 g/mol. The Morgan fingerprint density at radius 2 is 2.29 bits per heavy atom. The molecule has 1 saturated heterocycles. The molecule has 1 fully saturated rings. The van der Waals surface area contributed by atoms with Crippen molar-refractivity contribution in [1.29, 1.82) is 0 Å². The smallest absolute Gasteiger partial charge is 0.229 e. The molecule has 0 radical (unpaired) electrons. The van der Waals surface area contributed by atoms with E-state index in [4.69, 9.17) is 16.3 Å². The Hall–Kier alpha value is -1.06. The second-order valence-electron chi connectivity index (χ2n) is 4.25. The third kappa shape index (κ3) is 2.99. The summed E-state index contributed by atoms with van der Waals surface area (Å²) < 4.78 is 5.21. The largest absolute Gasteiger partial charge is 0.381 e. The fourth-order valence-corrected chi connectivity index (χ4v) is 2.12. The number of nitrogens with one attached hydrogen (secondary N) is 1. The first kappa shape index (κ1) is 12.4. The van der Waals surface area contributed by atoms with E-state index in [2.05, 4.69) is 5.32 Å². The first-order valence-corrected chi connectivity index (χ1v) is 6.23. The number of para-hydroxylation sites is 1. The Kier molecular flexibility index (Phi) is 4.02. The molecule has 0 saturated carbocycles. The molecule has 0 bridgehead atoms. The second kappa shape index (κ2) is 5.52. The summed E-state index contributed by atoms with van der Waals surface area (Å²) in [6, 6.07) is 7.62. The van der Waals surface area contributed by atoms with Crippen LogP contribution in [0.3, 0.4) is 0 Å². The molecule has 0 aliphatic carbocycles. The lowest BCUT2D eigenvalue weighted by molar-refractivity contribution is -0.119. The fourth-order valence-electron chi connectivity index (χ4n) is 1.93. The predicted octanol–water partition coefficient (Wildman–Crippen LogP) is 2.96. The van der Waals surface area contributed by atoms with Gasteiger partial charge in [-0.1, -0.05) is 18.2 Å². The summed E-state index contributed by atoms with van der Waals surface area (Å²) in [5.74, 6) is -0.0130. The van der Waals surface area contributed by atoms with Crippen LogP contribution in [0.4, 0.5) is 5.69 Å². The van der Waals surface area contributed by atoms with Crippen LogP contribution in [0.25, 0.3) is 0 Å². The molecule has 0 aromatic heterocycles. The van der Waals surface area contributed by atoms with Crippen molar-refractivity contribution in [3.8, 4) is 0 Å². The number of hydrogen-bond donors (Lipinski definition) is 1. The normalized spacial score (nSPS) is 21.2. The zero-order valence-electron chi connectivity index (χ0n) is 9.78. The van der Waals surface area contributed by atoms with Crippen molar-refractivity contribution in [1.82, 2.24) is 0 Å². The van der Waals surface area contributed by atoms with Gasteiger partial charge in [-0.25, -0.2) is 0 Å². The average Bonchev–Trinajstić information content (AvgIpc) is 2.83. The minimum Gasteiger partial charge on any atom is -0.381 e. The third-order valence-electron chi connectivity index (χ3n) is 2.95. The molecular formula is C13H16ClNO2. The molecule has 1 aromatic carbocycles. The Labute approximate surface area is 106 Å². The van der Waals surface area contributed by atoms with Crippen LogP contribution in [0, 0.1) is 5.92 Å². The van der Waals surface area contributed by atoms with Crippen molar-refractivity contribution < 1.29 is 9.53 Å². The van der Waals surface area contributed by atoms with Crippen LogP contribution in [0.15, 0.2) is 24.3 Å². The lowest BCUT2D eigenvalue weighted by Gasteiger charge is -2.14. The van der Waals surface area contributed by atoms with E-state index in [-0.39, 0.29) is 17.2 Å². The molecule has 92 valence electrons. The second-order valence-corrected chi connectivity index (χ2v) is 4.91. The maximum Gasteiger partial charge on any atom is 0.229 e. The molecule has 4 heteroatoms. The van der Waals surface area contributed by atoms with Gasteiger partial charge in [0.2, 0.25) is 5.91 Å². The van der Waals surface area contributed by atoms with Gasteiger partial charge >= 0.3 is 0 Å². The summed E-state index contributed by atoms with van der Waals surface area (Å²) in [6.07, 6.45) is 0.796. The predicted molar refractivity (Wildman–Crippen MR) is 68.3 cm³/mol. The quantitative estimate of drug-likeness (QED) is 0.841. The van der Waals surface area contributed by atoms with Gasteiger partial charge in [0.25, 0.3) is 0 Å². The number of anilines is 1. The Morgan fingerprint density at radius 3 is 2.94 bits per heavy atom. The molecule has 1 aliphatic rings. The van der Waals surface area contributed by atoms with E-state index >= 15 is 0 Å². The van der Waals surface area contributed by atoms with Gasteiger partial charge in [-0.3, -0.25) is 4.79 Å². The SMILES string of the molecule is CC(Cl)c1ccccc1NC(=O)C1CCOC1. The molecule has 1 heterocycles. The van der Waals surface area contributed by atoms with Crippen molar-refractivity contribution in [3.05, 3.63) is 29.8 Å². The molecule has 2 atom stereocenters. The van der Waals surface area contributed by atoms with Gasteiger partial charge in [0.15, 0.2) is 0 Å². The Morgan fingerprint density at radius 1 is 1.53 bits per heavy atom. The third-order valence-corrected chi connectivity index (χ3v) is 3.18. The number of halogens is 1. The van der Waals surface area contributed by atoms with E-state index in [1.165, 1.54) is 0 Å². The van der Waals surface area contributed by atoms with E-state index in [0.29, 0.717) is 13.2 Å². The number of alkyl halides is 1. The zero-order chi connectivity index (χ0) is 12.3. The lowest BCUT2D eigenvalue weighted by Crippen LogP contribution is -2.23. The van der Waals surface area contributed by atoms with E-state index in [1.54, 1.807) is 0 Å². The van der Waals surface area contributed by atoms with Gasteiger partial charge in [-0.2, -0.15) is 0 Å².